The van der Waals surface area contributed by atoms with Gasteiger partial charge in [-0.05, 0) is 43.0 Å². The standard InChI is InChI=1S/C24H31N3O3/c1-4-20-10-5-6-11-21(20)25-22(28)16-26-12-14-27(15-13-26)23(29)17-30-24-18(2)8-7-9-19(24)3/h5-11H,4,12-17H2,1-3H3,(H,25,28). The number of anilines is 1. The average molecular weight is 410 g/mol. The topological polar surface area (TPSA) is 61.9 Å². The van der Waals surface area contributed by atoms with E-state index in [2.05, 4.69) is 17.1 Å². The number of ether oxygens (including phenoxy) is 1. The first-order chi connectivity index (χ1) is 14.5. The number of rotatable bonds is 7. The van der Waals surface area contributed by atoms with Crippen molar-refractivity contribution >= 4 is 17.5 Å². The maximum Gasteiger partial charge on any atom is 0.260 e. The first-order valence-electron chi connectivity index (χ1n) is 10.5. The van der Waals surface area contributed by atoms with Gasteiger partial charge in [0, 0.05) is 31.9 Å². The number of aryl methyl sites for hydroxylation is 3. The number of hydrogen-bond acceptors (Lipinski definition) is 4. The van der Waals surface area contributed by atoms with Gasteiger partial charge >= 0.3 is 0 Å². The molecule has 0 atom stereocenters. The molecule has 0 unspecified atom stereocenters. The van der Waals surface area contributed by atoms with E-state index in [4.69, 9.17) is 4.74 Å². The summed E-state index contributed by atoms with van der Waals surface area (Å²) in [6.07, 6.45) is 0.876. The highest BCUT2D eigenvalue weighted by Crippen LogP contribution is 2.22. The molecule has 0 radical (unpaired) electrons. The highest BCUT2D eigenvalue weighted by Gasteiger charge is 2.23. The van der Waals surface area contributed by atoms with Crippen LogP contribution in [0, 0.1) is 13.8 Å². The third kappa shape index (κ3) is 5.60. The molecule has 0 spiro atoms. The summed E-state index contributed by atoms with van der Waals surface area (Å²) in [6, 6.07) is 13.8. The van der Waals surface area contributed by atoms with E-state index in [0.29, 0.717) is 32.7 Å². The lowest BCUT2D eigenvalue weighted by Crippen LogP contribution is -2.51. The van der Waals surface area contributed by atoms with Crippen LogP contribution in [0.1, 0.15) is 23.6 Å². The van der Waals surface area contributed by atoms with Crippen molar-refractivity contribution in [3.63, 3.8) is 0 Å². The maximum absolute atomic E-state index is 12.5. The fourth-order valence-corrected chi connectivity index (χ4v) is 3.75. The molecule has 1 fully saturated rings. The zero-order chi connectivity index (χ0) is 21.5. The quantitative estimate of drug-likeness (QED) is 0.764. The molecule has 160 valence electrons. The van der Waals surface area contributed by atoms with Crippen molar-refractivity contribution in [3.05, 3.63) is 59.2 Å². The van der Waals surface area contributed by atoms with Crippen LogP contribution >= 0.6 is 0 Å². The SMILES string of the molecule is CCc1ccccc1NC(=O)CN1CCN(C(=O)COc2c(C)cccc2C)CC1. The van der Waals surface area contributed by atoms with Crippen LogP contribution in [0.25, 0.3) is 0 Å². The highest BCUT2D eigenvalue weighted by molar-refractivity contribution is 5.93. The van der Waals surface area contributed by atoms with Crippen LogP contribution in [-0.2, 0) is 16.0 Å². The highest BCUT2D eigenvalue weighted by atomic mass is 16.5. The lowest BCUT2D eigenvalue weighted by Gasteiger charge is -2.34. The van der Waals surface area contributed by atoms with Gasteiger partial charge in [0.25, 0.3) is 5.91 Å². The molecule has 2 aromatic rings. The summed E-state index contributed by atoms with van der Waals surface area (Å²) >= 11 is 0. The number of para-hydroxylation sites is 2. The molecule has 0 bridgehead atoms. The van der Waals surface area contributed by atoms with Crippen LogP contribution in [0.15, 0.2) is 42.5 Å². The van der Waals surface area contributed by atoms with Crippen LogP contribution in [0.5, 0.6) is 5.75 Å². The van der Waals surface area contributed by atoms with Gasteiger partial charge in [-0.3, -0.25) is 14.5 Å². The summed E-state index contributed by atoms with van der Waals surface area (Å²) in [5.74, 6) is 0.751. The smallest absolute Gasteiger partial charge is 0.260 e. The first-order valence-corrected chi connectivity index (χ1v) is 10.5. The molecule has 1 aliphatic rings. The Morgan fingerprint density at radius 2 is 1.63 bits per heavy atom. The minimum Gasteiger partial charge on any atom is -0.483 e. The number of carbonyl (C=O) groups excluding carboxylic acids is 2. The molecule has 1 N–H and O–H groups in total. The summed E-state index contributed by atoms with van der Waals surface area (Å²) in [7, 11) is 0. The summed E-state index contributed by atoms with van der Waals surface area (Å²) in [5, 5.41) is 3.01. The van der Waals surface area contributed by atoms with Gasteiger partial charge in [0.05, 0.1) is 6.54 Å². The third-order valence-electron chi connectivity index (χ3n) is 5.51. The van der Waals surface area contributed by atoms with E-state index in [0.717, 1.165) is 34.5 Å². The van der Waals surface area contributed by atoms with E-state index in [-0.39, 0.29) is 18.4 Å². The summed E-state index contributed by atoms with van der Waals surface area (Å²) in [6.45, 7) is 8.98. The minimum absolute atomic E-state index is 0.0152. The Bertz CT molecular complexity index is 869. The van der Waals surface area contributed by atoms with E-state index in [1.807, 2.05) is 61.2 Å². The molecule has 0 aliphatic carbocycles. The van der Waals surface area contributed by atoms with Gasteiger partial charge in [-0.15, -0.1) is 0 Å². The molecule has 1 saturated heterocycles. The first kappa shape index (κ1) is 21.8. The molecule has 3 rings (SSSR count). The van der Waals surface area contributed by atoms with Gasteiger partial charge in [-0.2, -0.15) is 0 Å². The zero-order valence-corrected chi connectivity index (χ0v) is 18.1. The summed E-state index contributed by atoms with van der Waals surface area (Å²) in [5.41, 5.74) is 4.07. The van der Waals surface area contributed by atoms with Crippen LogP contribution in [0.4, 0.5) is 5.69 Å². The van der Waals surface area contributed by atoms with Crippen LogP contribution in [-0.4, -0.2) is 60.9 Å². The third-order valence-corrected chi connectivity index (χ3v) is 5.51. The Balaban J connectivity index is 1.44. The summed E-state index contributed by atoms with van der Waals surface area (Å²) in [4.78, 5) is 28.9. The number of carbonyl (C=O) groups is 2. The maximum atomic E-state index is 12.5. The Labute approximate surface area is 178 Å². The number of hydrogen-bond donors (Lipinski definition) is 1. The second-order valence-corrected chi connectivity index (χ2v) is 7.73. The fourth-order valence-electron chi connectivity index (χ4n) is 3.75. The molecular weight excluding hydrogens is 378 g/mol. The molecule has 1 heterocycles. The molecule has 6 nitrogen and oxygen atoms in total. The lowest BCUT2D eigenvalue weighted by atomic mass is 10.1. The van der Waals surface area contributed by atoms with Crippen LogP contribution in [0.3, 0.4) is 0 Å². The minimum atomic E-state index is -0.0194. The molecule has 2 aromatic carbocycles. The number of benzene rings is 2. The second kappa shape index (κ2) is 10.3. The Morgan fingerprint density at radius 1 is 0.967 bits per heavy atom. The van der Waals surface area contributed by atoms with Gasteiger partial charge in [0.2, 0.25) is 5.91 Å². The number of nitrogens with one attached hydrogen (secondary N) is 1. The van der Waals surface area contributed by atoms with Crippen molar-refractivity contribution in [1.29, 1.82) is 0 Å². The lowest BCUT2D eigenvalue weighted by molar-refractivity contribution is -0.135. The average Bonchev–Trinajstić information content (AvgIpc) is 2.74. The van der Waals surface area contributed by atoms with E-state index in [1.54, 1.807) is 0 Å². The number of nitrogens with zero attached hydrogens (tertiary/aromatic N) is 2. The molecule has 30 heavy (non-hydrogen) atoms. The van der Waals surface area contributed by atoms with E-state index in [9.17, 15) is 9.59 Å². The fraction of sp³-hybridized carbons (Fsp3) is 0.417. The van der Waals surface area contributed by atoms with E-state index < -0.39 is 0 Å². The second-order valence-electron chi connectivity index (χ2n) is 7.73. The zero-order valence-electron chi connectivity index (χ0n) is 18.1. The van der Waals surface area contributed by atoms with Gasteiger partial charge in [0.15, 0.2) is 6.61 Å². The van der Waals surface area contributed by atoms with Gasteiger partial charge in [0.1, 0.15) is 5.75 Å². The van der Waals surface area contributed by atoms with Crippen molar-refractivity contribution in [2.24, 2.45) is 0 Å². The van der Waals surface area contributed by atoms with Crippen molar-refractivity contribution in [3.8, 4) is 5.75 Å². The molecule has 0 saturated carbocycles. The Morgan fingerprint density at radius 3 is 2.30 bits per heavy atom. The van der Waals surface area contributed by atoms with E-state index >= 15 is 0 Å². The van der Waals surface area contributed by atoms with Crippen molar-refractivity contribution in [1.82, 2.24) is 9.80 Å². The van der Waals surface area contributed by atoms with Crippen LogP contribution < -0.4 is 10.1 Å². The molecule has 2 amide bonds. The summed E-state index contributed by atoms with van der Waals surface area (Å²) < 4.78 is 5.79. The van der Waals surface area contributed by atoms with Crippen molar-refractivity contribution in [2.75, 3.05) is 44.6 Å². The number of amides is 2. The Kier molecular flexibility index (Phi) is 7.46. The normalized spacial score (nSPS) is 14.4. The van der Waals surface area contributed by atoms with Gasteiger partial charge in [-0.1, -0.05) is 43.3 Å². The predicted octanol–water partition coefficient (Wildman–Crippen LogP) is 3.03. The largest absolute Gasteiger partial charge is 0.483 e. The van der Waals surface area contributed by atoms with Crippen molar-refractivity contribution < 1.29 is 14.3 Å². The monoisotopic (exact) mass is 409 g/mol. The predicted molar refractivity (Wildman–Crippen MR) is 119 cm³/mol. The van der Waals surface area contributed by atoms with Crippen LogP contribution in [0.2, 0.25) is 0 Å². The molecule has 1 aliphatic heterocycles. The molecule has 0 aromatic heterocycles. The van der Waals surface area contributed by atoms with Gasteiger partial charge < -0.3 is 15.0 Å². The van der Waals surface area contributed by atoms with Crippen molar-refractivity contribution in [2.45, 2.75) is 27.2 Å². The van der Waals surface area contributed by atoms with Gasteiger partial charge in [-0.25, -0.2) is 0 Å². The number of piperazine rings is 1. The van der Waals surface area contributed by atoms with E-state index in [1.165, 1.54) is 0 Å². The molecular formula is C24H31N3O3. The Hall–Kier alpha value is -2.86. The molecule has 6 heteroatoms.